The third-order valence-electron chi connectivity index (χ3n) is 4.62. The van der Waals surface area contributed by atoms with Crippen LogP contribution >= 0.6 is 0 Å². The Labute approximate surface area is 136 Å². The minimum absolute atomic E-state index is 0.0215. The van der Waals surface area contributed by atoms with Crippen molar-refractivity contribution in [2.24, 2.45) is 17.3 Å². The molecule has 1 fully saturated rings. The van der Waals surface area contributed by atoms with E-state index in [2.05, 4.69) is 26.8 Å². The topological polar surface area (TPSA) is 46.5 Å². The second kappa shape index (κ2) is 7.16. The molecular weight excluding hydrogens is 276 g/mol. The lowest BCUT2D eigenvalue weighted by atomic mass is 10.0. The highest BCUT2D eigenvalue weighted by Crippen LogP contribution is 2.60. The van der Waals surface area contributed by atoms with Crippen LogP contribution in [0.25, 0.3) is 0 Å². The number of hydrogen-bond donors (Lipinski definition) is 1. The standard InChI is InChI=1S/C19H34O3/c1-13(9-8-10-14(2)20)11-12-15-16(19(15,6)7)17(21)22-18(3,4)5/h11,14-16,20H,8-10,12H2,1-7H3/b13-11+/t14?,15-,16+/m1/s1. The summed E-state index contributed by atoms with van der Waals surface area (Å²) in [5, 5.41) is 9.28. The summed E-state index contributed by atoms with van der Waals surface area (Å²) in [6, 6.07) is 0. The van der Waals surface area contributed by atoms with Crippen molar-refractivity contribution in [3.8, 4) is 0 Å². The maximum absolute atomic E-state index is 12.3. The fourth-order valence-corrected chi connectivity index (χ4v) is 3.12. The van der Waals surface area contributed by atoms with E-state index in [0.29, 0.717) is 5.92 Å². The third kappa shape index (κ3) is 5.75. The molecule has 0 amide bonds. The van der Waals surface area contributed by atoms with Gasteiger partial charge in [-0.2, -0.15) is 0 Å². The summed E-state index contributed by atoms with van der Waals surface area (Å²) in [4.78, 5) is 12.3. The van der Waals surface area contributed by atoms with Gasteiger partial charge in [0.15, 0.2) is 0 Å². The summed E-state index contributed by atoms with van der Waals surface area (Å²) < 4.78 is 5.54. The van der Waals surface area contributed by atoms with Gasteiger partial charge in [-0.15, -0.1) is 0 Å². The van der Waals surface area contributed by atoms with Crippen molar-refractivity contribution in [2.45, 2.75) is 85.9 Å². The van der Waals surface area contributed by atoms with Crippen molar-refractivity contribution in [3.05, 3.63) is 11.6 Å². The quantitative estimate of drug-likeness (QED) is 0.557. The number of hydrogen-bond acceptors (Lipinski definition) is 3. The molecule has 0 heterocycles. The van der Waals surface area contributed by atoms with E-state index in [1.807, 2.05) is 27.7 Å². The summed E-state index contributed by atoms with van der Waals surface area (Å²) in [6.45, 7) is 14.0. The van der Waals surface area contributed by atoms with Gasteiger partial charge in [-0.3, -0.25) is 4.79 Å². The number of esters is 1. The second-order valence-corrected chi connectivity index (χ2v) is 8.47. The van der Waals surface area contributed by atoms with E-state index in [0.717, 1.165) is 25.7 Å². The van der Waals surface area contributed by atoms with Gasteiger partial charge >= 0.3 is 5.97 Å². The molecule has 128 valence electrons. The summed E-state index contributed by atoms with van der Waals surface area (Å²) in [5.74, 6) is 0.352. The van der Waals surface area contributed by atoms with Crippen molar-refractivity contribution in [1.82, 2.24) is 0 Å². The van der Waals surface area contributed by atoms with Crippen molar-refractivity contribution >= 4 is 5.97 Å². The Hall–Kier alpha value is -0.830. The highest BCUT2D eigenvalue weighted by Gasteiger charge is 2.62. The fraction of sp³-hybridized carbons (Fsp3) is 0.842. The van der Waals surface area contributed by atoms with Crippen LogP contribution in [0.1, 0.15) is 74.1 Å². The van der Waals surface area contributed by atoms with Gasteiger partial charge in [0, 0.05) is 0 Å². The normalized spacial score (nSPS) is 25.7. The number of carbonyl (C=O) groups excluding carboxylic acids is 1. The predicted octanol–water partition coefficient (Wildman–Crippen LogP) is 4.49. The fourth-order valence-electron chi connectivity index (χ4n) is 3.12. The molecule has 0 saturated heterocycles. The van der Waals surface area contributed by atoms with Crippen LogP contribution in [0, 0.1) is 17.3 Å². The molecule has 1 rings (SSSR count). The number of ether oxygens (including phenoxy) is 1. The molecule has 1 N–H and O–H groups in total. The van der Waals surface area contributed by atoms with Crippen LogP contribution in [0.2, 0.25) is 0 Å². The lowest BCUT2D eigenvalue weighted by Gasteiger charge is -2.20. The highest BCUT2D eigenvalue weighted by atomic mass is 16.6. The minimum Gasteiger partial charge on any atom is -0.460 e. The Morgan fingerprint density at radius 2 is 1.95 bits per heavy atom. The molecular formula is C19H34O3. The first-order chi connectivity index (χ1) is 9.95. The van der Waals surface area contributed by atoms with Gasteiger partial charge < -0.3 is 9.84 Å². The van der Waals surface area contributed by atoms with Gasteiger partial charge in [0.05, 0.1) is 12.0 Å². The van der Waals surface area contributed by atoms with Crippen molar-refractivity contribution < 1.29 is 14.6 Å². The maximum atomic E-state index is 12.3. The predicted molar refractivity (Wildman–Crippen MR) is 90.5 cm³/mol. The van der Waals surface area contributed by atoms with Crippen molar-refractivity contribution in [3.63, 3.8) is 0 Å². The zero-order valence-electron chi connectivity index (χ0n) is 15.4. The largest absolute Gasteiger partial charge is 0.460 e. The Balaban J connectivity index is 2.47. The number of carbonyl (C=O) groups is 1. The van der Waals surface area contributed by atoms with Crippen LogP contribution in [0.4, 0.5) is 0 Å². The summed E-state index contributed by atoms with van der Waals surface area (Å²) in [6.07, 6.45) is 5.88. The molecule has 1 unspecified atom stereocenters. The van der Waals surface area contributed by atoms with E-state index >= 15 is 0 Å². The second-order valence-electron chi connectivity index (χ2n) is 8.47. The molecule has 22 heavy (non-hydrogen) atoms. The van der Waals surface area contributed by atoms with Crippen molar-refractivity contribution in [1.29, 1.82) is 0 Å². The molecule has 0 aromatic carbocycles. The summed E-state index contributed by atoms with van der Waals surface area (Å²) in [7, 11) is 0. The van der Waals surface area contributed by atoms with Gasteiger partial charge in [-0.25, -0.2) is 0 Å². The van der Waals surface area contributed by atoms with Crippen molar-refractivity contribution in [2.75, 3.05) is 0 Å². The Kier molecular flexibility index (Phi) is 6.26. The molecule has 0 aliphatic heterocycles. The molecule has 3 nitrogen and oxygen atoms in total. The lowest BCUT2D eigenvalue weighted by Crippen LogP contribution is -2.26. The summed E-state index contributed by atoms with van der Waals surface area (Å²) >= 11 is 0. The average Bonchev–Trinajstić information content (AvgIpc) is 2.85. The van der Waals surface area contributed by atoms with Crippen LogP contribution < -0.4 is 0 Å². The summed E-state index contributed by atoms with van der Waals surface area (Å²) in [5.41, 5.74) is 0.984. The maximum Gasteiger partial charge on any atom is 0.310 e. The van der Waals surface area contributed by atoms with E-state index < -0.39 is 5.60 Å². The van der Waals surface area contributed by atoms with Gasteiger partial charge in [-0.1, -0.05) is 25.5 Å². The van der Waals surface area contributed by atoms with Gasteiger partial charge in [0.2, 0.25) is 0 Å². The molecule has 1 saturated carbocycles. The van der Waals surface area contributed by atoms with E-state index in [-0.39, 0.29) is 23.4 Å². The number of allylic oxidation sites excluding steroid dienone is 2. The Morgan fingerprint density at radius 3 is 2.45 bits per heavy atom. The molecule has 0 aromatic rings. The molecule has 0 spiro atoms. The first-order valence-electron chi connectivity index (χ1n) is 8.51. The molecule has 3 heteroatoms. The molecule has 0 radical (unpaired) electrons. The smallest absolute Gasteiger partial charge is 0.310 e. The minimum atomic E-state index is -0.410. The van der Waals surface area contributed by atoms with Gasteiger partial charge in [0.1, 0.15) is 5.60 Å². The van der Waals surface area contributed by atoms with E-state index in [4.69, 9.17) is 4.74 Å². The lowest BCUT2D eigenvalue weighted by molar-refractivity contribution is -0.157. The monoisotopic (exact) mass is 310 g/mol. The first-order valence-corrected chi connectivity index (χ1v) is 8.51. The number of rotatable bonds is 7. The van der Waals surface area contributed by atoms with Crippen LogP contribution in [0.5, 0.6) is 0 Å². The average molecular weight is 310 g/mol. The zero-order chi connectivity index (χ0) is 17.1. The zero-order valence-corrected chi connectivity index (χ0v) is 15.4. The molecule has 1 aliphatic rings. The van der Waals surface area contributed by atoms with Crippen LogP contribution in [0.15, 0.2) is 11.6 Å². The Morgan fingerprint density at radius 1 is 1.36 bits per heavy atom. The first kappa shape index (κ1) is 19.2. The van der Waals surface area contributed by atoms with Gasteiger partial charge in [0.25, 0.3) is 0 Å². The van der Waals surface area contributed by atoms with E-state index in [1.54, 1.807) is 0 Å². The molecule has 0 bridgehead atoms. The molecule has 3 atom stereocenters. The van der Waals surface area contributed by atoms with Gasteiger partial charge in [-0.05, 0) is 71.6 Å². The number of aliphatic hydroxyl groups is 1. The van der Waals surface area contributed by atoms with E-state index in [1.165, 1.54) is 5.57 Å². The molecule has 1 aliphatic carbocycles. The van der Waals surface area contributed by atoms with E-state index in [9.17, 15) is 9.90 Å². The van der Waals surface area contributed by atoms with Crippen LogP contribution in [0.3, 0.4) is 0 Å². The SMILES string of the molecule is C/C(=C\C[C@@H]1[C@@H](C(=O)OC(C)(C)C)C1(C)C)CCCC(C)O. The molecule has 0 aromatic heterocycles. The highest BCUT2D eigenvalue weighted by molar-refractivity contribution is 5.78. The Bertz CT molecular complexity index is 413. The number of aliphatic hydroxyl groups excluding tert-OH is 1. The van der Waals surface area contributed by atoms with Crippen LogP contribution in [-0.4, -0.2) is 22.8 Å². The third-order valence-corrected chi connectivity index (χ3v) is 4.62. The van der Waals surface area contributed by atoms with Crippen LogP contribution in [-0.2, 0) is 9.53 Å².